The smallest absolute Gasteiger partial charge is 0.317 e. The average Bonchev–Trinajstić information content (AvgIpc) is 2.70. The summed E-state index contributed by atoms with van der Waals surface area (Å²) in [6.07, 6.45) is 2.08. The Morgan fingerprint density at radius 1 is 1.24 bits per heavy atom. The van der Waals surface area contributed by atoms with Gasteiger partial charge in [-0.2, -0.15) is 0 Å². The lowest BCUT2D eigenvalue weighted by Crippen LogP contribution is -2.33. The van der Waals surface area contributed by atoms with Gasteiger partial charge < -0.3 is 10.2 Å². The number of carbonyl (C=O) groups is 1. The number of carbonyl (C=O) groups excluding carboxylic acids is 1. The van der Waals surface area contributed by atoms with Crippen molar-refractivity contribution in [3.8, 4) is 0 Å². The van der Waals surface area contributed by atoms with E-state index >= 15 is 0 Å². The number of nitrogens with one attached hydrogen (secondary N) is 1. The van der Waals surface area contributed by atoms with Crippen molar-refractivity contribution in [2.75, 3.05) is 18.4 Å². The third-order valence-corrected chi connectivity index (χ3v) is 3.15. The number of hydrogen-bond acceptors (Lipinski definition) is 1. The Morgan fingerprint density at radius 2 is 2.00 bits per heavy atom. The van der Waals surface area contributed by atoms with Gasteiger partial charge in [-0.05, 0) is 44.0 Å². The van der Waals surface area contributed by atoms with Crippen LogP contribution in [0.25, 0.3) is 0 Å². The first kappa shape index (κ1) is 11.7. The molecule has 0 radical (unpaired) electrons. The predicted octanol–water partition coefficient (Wildman–Crippen LogP) is 3.10. The van der Waals surface area contributed by atoms with Crippen LogP contribution in [-0.4, -0.2) is 24.0 Å². The number of hydrogen-bond donors (Lipinski definition) is 1. The Labute approximate surface area is 102 Å². The molecule has 17 heavy (non-hydrogen) atoms. The van der Waals surface area contributed by atoms with E-state index in [-0.39, 0.29) is 6.03 Å². The molecule has 1 N–H and O–H groups in total. The topological polar surface area (TPSA) is 32.3 Å². The highest BCUT2D eigenvalue weighted by atomic mass is 16.2. The van der Waals surface area contributed by atoms with Crippen LogP contribution in [0.5, 0.6) is 0 Å². The number of benzene rings is 1. The van der Waals surface area contributed by atoms with Crippen molar-refractivity contribution >= 4 is 11.7 Å². The van der Waals surface area contributed by atoms with Crippen molar-refractivity contribution in [1.82, 2.24) is 4.90 Å². The first-order valence-electron chi connectivity index (χ1n) is 5.85. The van der Waals surface area contributed by atoms with Crippen molar-refractivity contribution in [2.24, 2.45) is 0 Å². The highest BCUT2D eigenvalue weighted by Gasteiger charge is 2.17. The fraction of sp³-hybridized carbons (Fsp3) is 0.357. The molecule has 1 aromatic rings. The monoisotopic (exact) mass is 230 g/mol. The lowest BCUT2D eigenvalue weighted by atomic mass is 10.1. The van der Waals surface area contributed by atoms with Crippen molar-refractivity contribution in [3.63, 3.8) is 0 Å². The van der Waals surface area contributed by atoms with Crippen LogP contribution in [0.1, 0.15) is 18.1 Å². The molecule has 0 aromatic heterocycles. The van der Waals surface area contributed by atoms with E-state index in [2.05, 4.69) is 18.3 Å². The van der Waals surface area contributed by atoms with E-state index in [1.165, 1.54) is 16.7 Å². The minimum Gasteiger partial charge on any atom is -0.317 e. The summed E-state index contributed by atoms with van der Waals surface area (Å²) < 4.78 is 0. The molecule has 2 amide bonds. The van der Waals surface area contributed by atoms with Gasteiger partial charge in [0.2, 0.25) is 0 Å². The SMILES string of the molecule is CC1=CCN(C(=O)Nc2ccc(C)c(C)c2)C1. The number of anilines is 1. The van der Waals surface area contributed by atoms with Crippen molar-refractivity contribution in [2.45, 2.75) is 20.8 Å². The highest BCUT2D eigenvalue weighted by Crippen LogP contribution is 2.16. The molecule has 0 saturated heterocycles. The number of aryl methyl sites for hydroxylation is 2. The third-order valence-electron chi connectivity index (χ3n) is 3.15. The largest absolute Gasteiger partial charge is 0.322 e. The molecule has 3 nitrogen and oxygen atoms in total. The summed E-state index contributed by atoms with van der Waals surface area (Å²) in [7, 11) is 0. The zero-order valence-corrected chi connectivity index (χ0v) is 10.6. The third kappa shape index (κ3) is 2.67. The molecule has 0 bridgehead atoms. The van der Waals surface area contributed by atoms with Crippen molar-refractivity contribution in [3.05, 3.63) is 41.0 Å². The first-order chi connectivity index (χ1) is 8.06. The van der Waals surface area contributed by atoms with Gasteiger partial charge in [0.1, 0.15) is 0 Å². The summed E-state index contributed by atoms with van der Waals surface area (Å²) in [5.74, 6) is 0. The molecule has 2 rings (SSSR count). The molecule has 90 valence electrons. The molecule has 1 aromatic carbocycles. The number of rotatable bonds is 1. The van der Waals surface area contributed by atoms with Gasteiger partial charge in [-0.3, -0.25) is 0 Å². The van der Waals surface area contributed by atoms with E-state index in [9.17, 15) is 4.79 Å². The normalized spacial score (nSPS) is 14.8. The van der Waals surface area contributed by atoms with Crippen LogP contribution in [0, 0.1) is 13.8 Å². The van der Waals surface area contributed by atoms with Gasteiger partial charge in [-0.15, -0.1) is 0 Å². The second-order valence-corrected chi connectivity index (χ2v) is 4.66. The minimum atomic E-state index is -0.0265. The number of urea groups is 1. The molecule has 0 fully saturated rings. The summed E-state index contributed by atoms with van der Waals surface area (Å²) >= 11 is 0. The van der Waals surface area contributed by atoms with Crippen LogP contribution in [0.15, 0.2) is 29.8 Å². The van der Waals surface area contributed by atoms with E-state index < -0.39 is 0 Å². The van der Waals surface area contributed by atoms with E-state index in [1.54, 1.807) is 4.90 Å². The summed E-state index contributed by atoms with van der Waals surface area (Å²) in [4.78, 5) is 13.7. The van der Waals surface area contributed by atoms with E-state index in [4.69, 9.17) is 0 Å². The molecule has 1 aliphatic rings. The predicted molar refractivity (Wildman–Crippen MR) is 70.3 cm³/mol. The van der Waals surface area contributed by atoms with E-state index in [1.807, 2.05) is 32.0 Å². The molecule has 0 aliphatic carbocycles. The number of amides is 2. The van der Waals surface area contributed by atoms with Crippen LogP contribution in [-0.2, 0) is 0 Å². The first-order valence-corrected chi connectivity index (χ1v) is 5.85. The molecule has 1 heterocycles. The standard InChI is InChI=1S/C14H18N2O/c1-10-6-7-16(9-10)14(17)15-13-5-4-11(2)12(3)8-13/h4-6,8H,7,9H2,1-3H3,(H,15,17). The second-order valence-electron chi connectivity index (χ2n) is 4.66. The zero-order chi connectivity index (χ0) is 12.4. The van der Waals surface area contributed by atoms with Gasteiger partial charge in [0.15, 0.2) is 0 Å². The maximum atomic E-state index is 11.9. The van der Waals surface area contributed by atoms with Crippen LogP contribution >= 0.6 is 0 Å². The summed E-state index contributed by atoms with van der Waals surface area (Å²) in [5.41, 5.74) is 4.54. The van der Waals surface area contributed by atoms with Gasteiger partial charge >= 0.3 is 6.03 Å². The fourth-order valence-electron chi connectivity index (χ4n) is 1.87. The number of nitrogens with zero attached hydrogens (tertiary/aromatic N) is 1. The molecule has 0 spiro atoms. The Morgan fingerprint density at radius 3 is 2.59 bits per heavy atom. The van der Waals surface area contributed by atoms with Crippen LogP contribution in [0.2, 0.25) is 0 Å². The average molecular weight is 230 g/mol. The Kier molecular flexibility index (Phi) is 3.18. The highest BCUT2D eigenvalue weighted by molar-refractivity contribution is 5.90. The second kappa shape index (κ2) is 4.62. The molecule has 1 aliphatic heterocycles. The summed E-state index contributed by atoms with van der Waals surface area (Å²) in [6.45, 7) is 7.60. The van der Waals surface area contributed by atoms with Gasteiger partial charge in [-0.25, -0.2) is 4.79 Å². The van der Waals surface area contributed by atoms with E-state index in [0.29, 0.717) is 6.54 Å². The fourth-order valence-corrected chi connectivity index (χ4v) is 1.87. The molecule has 0 unspecified atom stereocenters. The van der Waals surface area contributed by atoms with Crippen LogP contribution in [0.3, 0.4) is 0 Å². The molecular formula is C14H18N2O. The molecule has 0 saturated carbocycles. The van der Waals surface area contributed by atoms with Crippen LogP contribution < -0.4 is 5.32 Å². The lowest BCUT2D eigenvalue weighted by molar-refractivity contribution is 0.224. The van der Waals surface area contributed by atoms with Gasteiger partial charge in [-0.1, -0.05) is 17.7 Å². The summed E-state index contributed by atoms with van der Waals surface area (Å²) in [5, 5.41) is 2.93. The molecule has 3 heteroatoms. The van der Waals surface area contributed by atoms with E-state index in [0.717, 1.165) is 12.2 Å². The zero-order valence-electron chi connectivity index (χ0n) is 10.6. The molecule has 0 atom stereocenters. The van der Waals surface area contributed by atoms with Crippen molar-refractivity contribution < 1.29 is 4.79 Å². The maximum Gasteiger partial charge on any atom is 0.322 e. The molecular weight excluding hydrogens is 212 g/mol. The van der Waals surface area contributed by atoms with Gasteiger partial charge in [0, 0.05) is 18.8 Å². The summed E-state index contributed by atoms with van der Waals surface area (Å²) in [6, 6.07) is 5.94. The van der Waals surface area contributed by atoms with Crippen molar-refractivity contribution in [1.29, 1.82) is 0 Å². The Bertz CT molecular complexity index is 477. The quantitative estimate of drug-likeness (QED) is 0.739. The maximum absolute atomic E-state index is 11.9. The Hall–Kier alpha value is -1.77. The Balaban J connectivity index is 2.01. The minimum absolute atomic E-state index is 0.0265. The van der Waals surface area contributed by atoms with Gasteiger partial charge in [0.25, 0.3) is 0 Å². The van der Waals surface area contributed by atoms with Gasteiger partial charge in [0.05, 0.1) is 0 Å². The lowest BCUT2D eigenvalue weighted by Gasteiger charge is -2.17. The van der Waals surface area contributed by atoms with Crippen LogP contribution in [0.4, 0.5) is 10.5 Å².